The Morgan fingerprint density at radius 2 is 1.90 bits per heavy atom. The van der Waals surface area contributed by atoms with Crippen molar-refractivity contribution >= 4 is 10.1 Å². The summed E-state index contributed by atoms with van der Waals surface area (Å²) >= 11 is 0. The Hall–Kier alpha value is -0.230. The Kier molecular flexibility index (Phi) is 2.73. The van der Waals surface area contributed by atoms with Crippen LogP contribution in [-0.4, -0.2) is 20.3 Å². The molecule has 0 aromatic heterocycles. The maximum absolute atomic E-state index is 12.0. The zero-order valence-electron chi connectivity index (χ0n) is 5.60. The van der Waals surface area contributed by atoms with Gasteiger partial charge in [0.15, 0.2) is 0 Å². The van der Waals surface area contributed by atoms with Crippen molar-refractivity contribution in [1.29, 1.82) is 0 Å². The molecule has 0 aliphatic heterocycles. The molecule has 0 saturated carbocycles. The van der Waals surface area contributed by atoms with Gasteiger partial charge >= 0.3 is 15.4 Å². The Morgan fingerprint density at radius 1 is 1.50 bits per heavy atom. The Labute approximate surface area is 58.1 Å². The van der Waals surface area contributed by atoms with Gasteiger partial charge in [0.2, 0.25) is 0 Å². The molecule has 0 fully saturated rings. The van der Waals surface area contributed by atoms with E-state index >= 15 is 0 Å². The van der Waals surface area contributed by atoms with Gasteiger partial charge in [-0.25, -0.2) is 0 Å². The third-order valence-corrected chi connectivity index (χ3v) is 2.14. The molecule has 0 amide bonds. The zero-order chi connectivity index (χ0) is 8.41. The molecule has 0 aliphatic carbocycles. The molecule has 6 heteroatoms. The Morgan fingerprint density at radius 3 is 2.00 bits per heavy atom. The van der Waals surface area contributed by atoms with E-state index in [4.69, 9.17) is 0 Å². The van der Waals surface area contributed by atoms with Crippen LogP contribution >= 0.6 is 0 Å². The lowest BCUT2D eigenvalue weighted by molar-refractivity contribution is 0.0942. The van der Waals surface area contributed by atoms with E-state index < -0.39 is 15.4 Å². The van der Waals surface area contributed by atoms with Crippen molar-refractivity contribution in [2.24, 2.45) is 0 Å². The third kappa shape index (κ3) is 2.18. The molecule has 3 nitrogen and oxygen atoms in total. The first kappa shape index (κ1) is 9.77. The minimum Gasteiger partial charge on any atom is -0.266 e. The first-order chi connectivity index (χ1) is 4.31. The van der Waals surface area contributed by atoms with Crippen LogP contribution in [0.15, 0.2) is 0 Å². The maximum atomic E-state index is 12.0. The van der Waals surface area contributed by atoms with E-state index in [0.29, 0.717) is 0 Å². The van der Waals surface area contributed by atoms with Gasteiger partial charge < -0.3 is 0 Å². The zero-order valence-corrected chi connectivity index (χ0v) is 6.41. The molecule has 0 aliphatic rings. The summed E-state index contributed by atoms with van der Waals surface area (Å²) < 4.78 is 48.3. The summed E-state index contributed by atoms with van der Waals surface area (Å²) in [5.41, 5.74) is 0. The fourth-order valence-corrected chi connectivity index (χ4v) is 0.776. The molecule has 0 heterocycles. The van der Waals surface area contributed by atoms with E-state index in [1.807, 2.05) is 0 Å². The highest BCUT2D eigenvalue weighted by Crippen LogP contribution is 2.21. The molecule has 0 aromatic carbocycles. The van der Waals surface area contributed by atoms with Crippen LogP contribution in [0.2, 0.25) is 0 Å². The van der Waals surface area contributed by atoms with Crippen molar-refractivity contribution in [3.8, 4) is 0 Å². The number of halogens is 2. The van der Waals surface area contributed by atoms with Crippen molar-refractivity contribution in [1.82, 2.24) is 0 Å². The summed E-state index contributed by atoms with van der Waals surface area (Å²) in [6.45, 7) is 1.33. The predicted molar refractivity (Wildman–Crippen MR) is 31.2 cm³/mol. The van der Waals surface area contributed by atoms with Crippen LogP contribution in [0, 0.1) is 0 Å². The second-order valence-electron chi connectivity index (χ2n) is 1.67. The SMILES string of the molecule is CCOS(=O)(=O)C(C)(F)F. The molecule has 0 aromatic rings. The third-order valence-electron chi connectivity index (χ3n) is 0.712. The lowest BCUT2D eigenvalue weighted by Gasteiger charge is -2.09. The first-order valence-corrected chi connectivity index (χ1v) is 3.99. The summed E-state index contributed by atoms with van der Waals surface area (Å²) in [5.74, 6) is 0. The molecule has 62 valence electrons. The van der Waals surface area contributed by atoms with Gasteiger partial charge in [-0.05, 0) is 6.92 Å². The second-order valence-corrected chi connectivity index (χ2v) is 3.53. The van der Waals surface area contributed by atoms with E-state index in [0.717, 1.165) is 0 Å². The highest BCUT2D eigenvalue weighted by atomic mass is 32.2. The van der Waals surface area contributed by atoms with Gasteiger partial charge in [-0.2, -0.15) is 17.2 Å². The Bertz CT molecular complexity index is 191. The summed E-state index contributed by atoms with van der Waals surface area (Å²) in [4.78, 5) is 0. The quantitative estimate of drug-likeness (QED) is 0.598. The second kappa shape index (κ2) is 2.79. The van der Waals surface area contributed by atoms with Gasteiger partial charge in [-0.3, -0.25) is 4.18 Å². The van der Waals surface area contributed by atoms with Gasteiger partial charge in [0.1, 0.15) is 0 Å². The van der Waals surface area contributed by atoms with E-state index in [1.54, 1.807) is 0 Å². The molecule has 0 saturated heterocycles. The largest absolute Gasteiger partial charge is 0.367 e. The van der Waals surface area contributed by atoms with Crippen LogP contribution < -0.4 is 0 Å². The van der Waals surface area contributed by atoms with Crippen molar-refractivity contribution in [2.45, 2.75) is 19.1 Å². The van der Waals surface area contributed by atoms with E-state index in [1.165, 1.54) is 6.92 Å². The molecule has 0 spiro atoms. The van der Waals surface area contributed by atoms with Crippen molar-refractivity contribution in [3.63, 3.8) is 0 Å². The summed E-state index contributed by atoms with van der Waals surface area (Å²) in [6, 6.07) is 0. The van der Waals surface area contributed by atoms with Gasteiger partial charge in [-0.1, -0.05) is 0 Å². The molecule has 0 rings (SSSR count). The Balaban J connectivity index is 4.44. The first-order valence-electron chi connectivity index (χ1n) is 2.58. The summed E-state index contributed by atoms with van der Waals surface area (Å²) in [5, 5.41) is -3.80. The van der Waals surface area contributed by atoms with Crippen LogP contribution in [0.1, 0.15) is 13.8 Å². The number of alkyl halides is 2. The lowest BCUT2D eigenvalue weighted by Crippen LogP contribution is -2.26. The van der Waals surface area contributed by atoms with E-state index in [-0.39, 0.29) is 13.5 Å². The highest BCUT2D eigenvalue weighted by Gasteiger charge is 2.40. The number of hydrogen-bond donors (Lipinski definition) is 0. The van der Waals surface area contributed by atoms with Crippen LogP contribution in [0.25, 0.3) is 0 Å². The smallest absolute Gasteiger partial charge is 0.266 e. The van der Waals surface area contributed by atoms with Gasteiger partial charge in [0, 0.05) is 6.92 Å². The van der Waals surface area contributed by atoms with E-state index in [2.05, 4.69) is 4.18 Å². The average molecular weight is 174 g/mol. The average Bonchev–Trinajstić information content (AvgIpc) is 1.61. The van der Waals surface area contributed by atoms with Crippen LogP contribution in [0.4, 0.5) is 8.78 Å². The standard InChI is InChI=1S/C4H8F2O3S/c1-3-9-10(7,8)4(2,5)6/h3H2,1-2H3. The molecular formula is C4H8F2O3S. The van der Waals surface area contributed by atoms with Crippen LogP contribution in [-0.2, 0) is 14.3 Å². The van der Waals surface area contributed by atoms with Crippen LogP contribution in [0.5, 0.6) is 0 Å². The van der Waals surface area contributed by atoms with Crippen molar-refractivity contribution in [2.75, 3.05) is 6.61 Å². The normalized spacial score (nSPS) is 13.6. The fourth-order valence-electron chi connectivity index (χ4n) is 0.259. The van der Waals surface area contributed by atoms with Gasteiger partial charge in [0.25, 0.3) is 0 Å². The fraction of sp³-hybridized carbons (Fsp3) is 1.00. The topological polar surface area (TPSA) is 43.4 Å². The highest BCUT2D eigenvalue weighted by molar-refractivity contribution is 7.87. The summed E-state index contributed by atoms with van der Waals surface area (Å²) in [7, 11) is -4.68. The minimum absolute atomic E-state index is 0.272. The van der Waals surface area contributed by atoms with Crippen molar-refractivity contribution < 1.29 is 21.4 Å². The van der Waals surface area contributed by atoms with Gasteiger partial charge in [0.05, 0.1) is 6.61 Å². The summed E-state index contributed by atoms with van der Waals surface area (Å²) in [6.07, 6.45) is 0. The maximum Gasteiger partial charge on any atom is 0.367 e. The molecule has 0 bridgehead atoms. The molecule has 0 unspecified atom stereocenters. The molecule has 0 N–H and O–H groups in total. The number of rotatable bonds is 3. The lowest BCUT2D eigenvalue weighted by atomic mass is 10.9. The molecule has 0 atom stereocenters. The van der Waals surface area contributed by atoms with Crippen molar-refractivity contribution in [3.05, 3.63) is 0 Å². The molecule has 0 radical (unpaired) electrons. The predicted octanol–water partition coefficient (Wildman–Crippen LogP) is 0.965. The van der Waals surface area contributed by atoms with Gasteiger partial charge in [-0.15, -0.1) is 0 Å². The monoisotopic (exact) mass is 174 g/mol. The van der Waals surface area contributed by atoms with E-state index in [9.17, 15) is 17.2 Å². The molecular weight excluding hydrogens is 166 g/mol. The number of hydrogen-bond acceptors (Lipinski definition) is 3. The molecule has 10 heavy (non-hydrogen) atoms. The van der Waals surface area contributed by atoms with Crippen LogP contribution in [0.3, 0.4) is 0 Å². The minimum atomic E-state index is -4.68.